The van der Waals surface area contributed by atoms with E-state index in [1.165, 1.54) is 15.7 Å². The van der Waals surface area contributed by atoms with Gasteiger partial charge >= 0.3 is 0 Å². The van der Waals surface area contributed by atoms with Crippen molar-refractivity contribution in [1.29, 1.82) is 0 Å². The SMILES string of the molecule is COc1ccccc1NC(=O)CN1CCN(Cc2ccccc2C)S1(=O)=O. The van der Waals surface area contributed by atoms with Crippen LogP contribution in [0.15, 0.2) is 48.5 Å². The van der Waals surface area contributed by atoms with Gasteiger partial charge in [0.05, 0.1) is 19.3 Å². The minimum Gasteiger partial charge on any atom is -0.495 e. The molecule has 0 atom stereocenters. The summed E-state index contributed by atoms with van der Waals surface area (Å²) in [5.74, 6) is 0.122. The number of hydrogen-bond acceptors (Lipinski definition) is 4. The number of anilines is 1. The highest BCUT2D eigenvalue weighted by molar-refractivity contribution is 7.87. The van der Waals surface area contributed by atoms with Gasteiger partial charge in [-0.1, -0.05) is 36.4 Å². The molecule has 1 amide bonds. The molecule has 0 spiro atoms. The van der Waals surface area contributed by atoms with Crippen molar-refractivity contribution in [2.75, 3.05) is 32.1 Å². The smallest absolute Gasteiger partial charge is 0.282 e. The van der Waals surface area contributed by atoms with E-state index in [-0.39, 0.29) is 13.1 Å². The van der Waals surface area contributed by atoms with Crippen molar-refractivity contribution in [2.45, 2.75) is 13.5 Å². The molecule has 27 heavy (non-hydrogen) atoms. The Morgan fingerprint density at radius 1 is 1.07 bits per heavy atom. The summed E-state index contributed by atoms with van der Waals surface area (Å²) < 4.78 is 33.3. The van der Waals surface area contributed by atoms with Gasteiger partial charge in [0.25, 0.3) is 10.2 Å². The third-order valence-corrected chi connectivity index (χ3v) is 6.49. The fourth-order valence-electron chi connectivity index (χ4n) is 3.01. The van der Waals surface area contributed by atoms with Crippen LogP contribution in [0.2, 0.25) is 0 Å². The maximum atomic E-state index is 12.8. The fourth-order valence-corrected chi connectivity index (χ4v) is 4.55. The third kappa shape index (κ3) is 4.29. The monoisotopic (exact) mass is 389 g/mol. The molecule has 1 aliphatic heterocycles. The normalized spacial score (nSPS) is 17.0. The molecular weight excluding hydrogens is 366 g/mol. The highest BCUT2D eigenvalue weighted by Crippen LogP contribution is 2.24. The standard InChI is InChI=1S/C19H23N3O4S/c1-15-7-3-4-8-16(15)13-21-11-12-22(27(21,24)25)14-19(23)20-17-9-5-6-10-18(17)26-2/h3-10H,11-14H2,1-2H3,(H,20,23). The van der Waals surface area contributed by atoms with Crippen LogP contribution in [0.5, 0.6) is 5.75 Å². The fraction of sp³-hybridized carbons (Fsp3) is 0.316. The first-order valence-corrected chi connectivity index (χ1v) is 10.0. The molecule has 1 aliphatic rings. The lowest BCUT2D eigenvalue weighted by Gasteiger charge is -2.19. The first kappa shape index (κ1) is 19.3. The van der Waals surface area contributed by atoms with Crippen LogP contribution < -0.4 is 10.1 Å². The third-order valence-electron chi connectivity index (χ3n) is 4.56. The number of para-hydroxylation sites is 2. The summed E-state index contributed by atoms with van der Waals surface area (Å²) in [6, 6.07) is 14.7. The summed E-state index contributed by atoms with van der Waals surface area (Å²) in [5, 5.41) is 2.71. The largest absolute Gasteiger partial charge is 0.495 e. The summed E-state index contributed by atoms with van der Waals surface area (Å²) in [6.45, 7) is 2.67. The molecule has 2 aromatic rings. The Kier molecular flexibility index (Phi) is 5.79. The highest BCUT2D eigenvalue weighted by Gasteiger charge is 2.37. The zero-order valence-electron chi connectivity index (χ0n) is 15.4. The van der Waals surface area contributed by atoms with E-state index in [0.29, 0.717) is 24.5 Å². The second-order valence-corrected chi connectivity index (χ2v) is 8.28. The zero-order chi connectivity index (χ0) is 19.4. The Labute approximate surface area is 159 Å². The highest BCUT2D eigenvalue weighted by atomic mass is 32.2. The van der Waals surface area contributed by atoms with E-state index in [1.807, 2.05) is 31.2 Å². The number of methoxy groups -OCH3 is 1. The van der Waals surface area contributed by atoms with Crippen molar-refractivity contribution in [3.63, 3.8) is 0 Å². The zero-order valence-corrected chi connectivity index (χ0v) is 16.2. The number of amides is 1. The van der Waals surface area contributed by atoms with E-state index in [4.69, 9.17) is 4.74 Å². The first-order chi connectivity index (χ1) is 12.9. The molecule has 1 fully saturated rings. The maximum absolute atomic E-state index is 12.8. The Hall–Kier alpha value is -2.42. The van der Waals surface area contributed by atoms with Gasteiger partial charge in [0.1, 0.15) is 5.75 Å². The summed E-state index contributed by atoms with van der Waals surface area (Å²) in [5.41, 5.74) is 2.51. The number of nitrogens with one attached hydrogen (secondary N) is 1. The lowest BCUT2D eigenvalue weighted by atomic mass is 10.1. The van der Waals surface area contributed by atoms with Gasteiger partial charge in [-0.15, -0.1) is 0 Å². The second-order valence-electron chi connectivity index (χ2n) is 6.35. The summed E-state index contributed by atoms with van der Waals surface area (Å²) in [6.07, 6.45) is 0. The Balaban J connectivity index is 1.66. The summed E-state index contributed by atoms with van der Waals surface area (Å²) >= 11 is 0. The predicted molar refractivity (Wildman–Crippen MR) is 104 cm³/mol. The molecule has 1 heterocycles. The van der Waals surface area contributed by atoms with Gasteiger partial charge < -0.3 is 10.1 Å². The average Bonchev–Trinajstić information content (AvgIpc) is 2.91. The number of ether oxygens (including phenoxy) is 1. The molecule has 7 nitrogen and oxygen atoms in total. The van der Waals surface area contributed by atoms with E-state index in [1.54, 1.807) is 24.3 Å². The van der Waals surface area contributed by atoms with Crippen molar-refractivity contribution >= 4 is 21.8 Å². The maximum Gasteiger partial charge on any atom is 0.282 e. The molecule has 3 rings (SSSR count). The molecule has 0 aromatic heterocycles. The Morgan fingerprint density at radius 3 is 2.48 bits per heavy atom. The van der Waals surface area contributed by atoms with Gasteiger partial charge in [0, 0.05) is 19.6 Å². The van der Waals surface area contributed by atoms with Crippen LogP contribution in [0, 0.1) is 6.92 Å². The van der Waals surface area contributed by atoms with Gasteiger partial charge in [-0.25, -0.2) is 0 Å². The van der Waals surface area contributed by atoms with Crippen LogP contribution in [-0.4, -0.2) is 49.7 Å². The number of hydrogen-bond donors (Lipinski definition) is 1. The summed E-state index contributed by atoms with van der Waals surface area (Å²) in [4.78, 5) is 12.4. The van der Waals surface area contributed by atoms with E-state index in [9.17, 15) is 13.2 Å². The number of carbonyl (C=O) groups excluding carboxylic acids is 1. The van der Waals surface area contributed by atoms with Gasteiger partial charge in [-0.2, -0.15) is 17.0 Å². The van der Waals surface area contributed by atoms with Crippen molar-refractivity contribution in [1.82, 2.24) is 8.61 Å². The molecule has 144 valence electrons. The van der Waals surface area contributed by atoms with E-state index >= 15 is 0 Å². The van der Waals surface area contributed by atoms with Crippen LogP contribution in [0.25, 0.3) is 0 Å². The van der Waals surface area contributed by atoms with Gasteiger partial charge in [0.2, 0.25) is 5.91 Å². The molecule has 1 N–H and O–H groups in total. The molecule has 0 unspecified atom stereocenters. The van der Waals surface area contributed by atoms with Gasteiger partial charge in [0.15, 0.2) is 0 Å². The van der Waals surface area contributed by atoms with E-state index < -0.39 is 16.1 Å². The average molecular weight is 389 g/mol. The molecule has 0 bridgehead atoms. The molecule has 0 radical (unpaired) electrons. The molecule has 1 saturated heterocycles. The predicted octanol–water partition coefficient (Wildman–Crippen LogP) is 2.00. The molecule has 0 saturated carbocycles. The molecule has 8 heteroatoms. The minimum absolute atomic E-state index is 0.231. The number of benzene rings is 2. The molecule has 0 aliphatic carbocycles. The van der Waals surface area contributed by atoms with Crippen LogP contribution in [-0.2, 0) is 21.5 Å². The lowest BCUT2D eigenvalue weighted by molar-refractivity contribution is -0.116. The number of rotatable bonds is 6. The molecular formula is C19H23N3O4S. The Morgan fingerprint density at radius 2 is 1.74 bits per heavy atom. The number of nitrogens with zero attached hydrogens (tertiary/aromatic N) is 2. The number of aryl methyl sites for hydroxylation is 1. The van der Waals surface area contributed by atoms with Crippen LogP contribution >= 0.6 is 0 Å². The van der Waals surface area contributed by atoms with Crippen molar-refractivity contribution in [3.8, 4) is 5.75 Å². The topological polar surface area (TPSA) is 79.0 Å². The molecule has 2 aromatic carbocycles. The van der Waals surface area contributed by atoms with Crippen LogP contribution in [0.3, 0.4) is 0 Å². The Bertz CT molecular complexity index is 930. The van der Waals surface area contributed by atoms with E-state index in [0.717, 1.165) is 11.1 Å². The van der Waals surface area contributed by atoms with Gasteiger partial charge in [-0.05, 0) is 30.2 Å². The van der Waals surface area contributed by atoms with Gasteiger partial charge in [-0.3, -0.25) is 4.79 Å². The van der Waals surface area contributed by atoms with Crippen molar-refractivity contribution in [2.24, 2.45) is 0 Å². The van der Waals surface area contributed by atoms with E-state index in [2.05, 4.69) is 5.32 Å². The minimum atomic E-state index is -3.67. The van der Waals surface area contributed by atoms with Crippen LogP contribution in [0.1, 0.15) is 11.1 Å². The first-order valence-electron chi connectivity index (χ1n) is 8.64. The van der Waals surface area contributed by atoms with Crippen LogP contribution in [0.4, 0.5) is 5.69 Å². The quantitative estimate of drug-likeness (QED) is 0.820. The second kappa shape index (κ2) is 8.08. The number of carbonyl (C=O) groups is 1. The lowest BCUT2D eigenvalue weighted by Crippen LogP contribution is -2.38. The van der Waals surface area contributed by atoms with Crippen molar-refractivity contribution < 1.29 is 17.9 Å². The van der Waals surface area contributed by atoms with Crippen molar-refractivity contribution in [3.05, 3.63) is 59.7 Å². The summed E-state index contributed by atoms with van der Waals surface area (Å²) in [7, 11) is -2.16.